The van der Waals surface area contributed by atoms with Crippen LogP contribution in [-0.4, -0.2) is 148 Å². The van der Waals surface area contributed by atoms with Crippen LogP contribution in [0.2, 0.25) is 0 Å². The zero-order valence-electron chi connectivity index (χ0n) is 54.4. The number of nitrogens with zero attached hydrogens (tertiary/aromatic N) is 2. The van der Waals surface area contributed by atoms with E-state index in [1.54, 1.807) is 13.8 Å². The molecule has 0 amide bonds. The number of aliphatic imine (C=N–C) groups is 2. The molecule has 0 aromatic heterocycles. The van der Waals surface area contributed by atoms with E-state index in [4.69, 9.17) is 68.9 Å². The molecule has 2 fully saturated rings. The van der Waals surface area contributed by atoms with Gasteiger partial charge in [0.2, 0.25) is 8.06 Å². The first-order valence-corrected chi connectivity index (χ1v) is 32.6. The quantitative estimate of drug-likeness (QED) is 0.0167. The van der Waals surface area contributed by atoms with Crippen molar-refractivity contribution in [2.45, 2.75) is 241 Å². The number of carboxylic acid groups (broad SMARTS) is 1. The molecule has 4 rings (SSSR count). The average Bonchev–Trinajstić information content (AvgIpc) is 4.15. The normalized spacial score (nSPS) is 16.5. The number of phenolic OH excluding ortho intramolecular Hbond substituents is 2. The molecule has 491 valence electrons. The van der Waals surface area contributed by atoms with E-state index in [0.29, 0.717) is 37.4 Å². The Morgan fingerprint density at radius 3 is 1.37 bits per heavy atom. The molecule has 8 N–H and O–H groups in total. The molecule has 1 saturated carbocycles. The van der Waals surface area contributed by atoms with Crippen LogP contribution in [0.25, 0.3) is 0 Å². The van der Waals surface area contributed by atoms with Crippen LogP contribution in [-0.2, 0) is 76.5 Å². The van der Waals surface area contributed by atoms with Gasteiger partial charge in [-0.2, -0.15) is 9.59 Å². The van der Waals surface area contributed by atoms with Gasteiger partial charge in [0, 0.05) is 58.1 Å². The van der Waals surface area contributed by atoms with Crippen molar-refractivity contribution >= 4 is 70.3 Å². The second-order valence-corrected chi connectivity index (χ2v) is 26.1. The summed E-state index contributed by atoms with van der Waals surface area (Å²) < 4.78 is 24.7. The summed E-state index contributed by atoms with van der Waals surface area (Å²) in [7, 11) is 3.16. The number of halogens is 2. The van der Waals surface area contributed by atoms with Gasteiger partial charge in [-0.25, -0.2) is 14.8 Å². The monoisotopic (exact) mass is 1410 g/mol. The van der Waals surface area contributed by atoms with E-state index < -0.39 is 24.8 Å². The van der Waals surface area contributed by atoms with Crippen LogP contribution < -0.4 is 17.6 Å². The molecule has 2 aromatic rings. The maximum atomic E-state index is 11.2. The number of aromatic hydroxyl groups is 2. The number of carboxylic acids is 1. The predicted molar refractivity (Wildman–Crippen MR) is 343 cm³/mol. The van der Waals surface area contributed by atoms with Crippen molar-refractivity contribution in [3.05, 3.63) is 57.6 Å². The van der Waals surface area contributed by atoms with Gasteiger partial charge < -0.3 is 66.7 Å². The second kappa shape index (κ2) is 48.3. The minimum atomic E-state index is -1.19. The molecule has 7 atom stereocenters. The number of unbranched alkanes of at least 4 members (excludes halogenated alkanes) is 1. The van der Waals surface area contributed by atoms with Gasteiger partial charge >= 0.3 is 18.3 Å². The topological polar surface area (TPSA) is 289 Å². The number of carbonyl (C=O) groups excluding carboxylic acids is 3. The third-order valence-corrected chi connectivity index (χ3v) is 11.3. The van der Waals surface area contributed by atoms with Crippen molar-refractivity contribution in [3.8, 4) is 11.5 Å². The number of aliphatic hydroxyl groups excluding tert-OH is 3. The summed E-state index contributed by atoms with van der Waals surface area (Å²) >= 11 is 2.15. The summed E-state index contributed by atoms with van der Waals surface area (Å²) in [5, 5.41) is 59.9. The Morgan fingerprint density at radius 2 is 1.12 bits per heavy atom. The van der Waals surface area contributed by atoms with Crippen LogP contribution in [0.5, 0.6) is 11.5 Å². The van der Waals surface area contributed by atoms with Crippen LogP contribution in [0.3, 0.4) is 0 Å². The number of alkyl halides is 1. The average molecular weight is 1410 g/mol. The number of aliphatic hydroxyl groups is 3. The zero-order valence-corrected chi connectivity index (χ0v) is 60.4. The van der Waals surface area contributed by atoms with E-state index in [2.05, 4.69) is 157 Å². The Labute approximate surface area is 539 Å². The van der Waals surface area contributed by atoms with Crippen LogP contribution >= 0.6 is 39.6 Å². The van der Waals surface area contributed by atoms with Crippen molar-refractivity contribution in [1.29, 1.82) is 0 Å². The number of hydrogen-bond acceptors (Lipinski definition) is 16. The number of aliphatic carboxylic acids is 1. The zero-order chi connectivity index (χ0) is 64.8. The first-order valence-electron chi connectivity index (χ1n) is 27.8. The minimum absolute atomic E-state index is 0. The molecule has 1 aliphatic heterocycles. The van der Waals surface area contributed by atoms with Gasteiger partial charge in [-0.1, -0.05) is 144 Å². The fourth-order valence-corrected chi connectivity index (χ4v) is 6.70. The number of carbonyl (C=O) groups is 2. The Bertz CT molecular complexity index is 2080. The van der Waals surface area contributed by atoms with E-state index in [9.17, 15) is 15.0 Å². The number of benzene rings is 2. The SMILES string of the molecule is CC(C)(C)c1cc(C=NC2CCCCC2N=Cc2cc(C(C)(C)C)cc(C(C)(C)C)c2O)c(O)c(C(C)(C)C)c1.CC(O)COC(C)(C)C.CC1CO1.CCCCOCC(C)OC(=O)OCC(C)O.CI.O=C(O)CO.O=C=O.[Cl-].[Co].[NH2+]=PP. The van der Waals surface area contributed by atoms with Gasteiger partial charge in [0.15, 0.2) is 0 Å². The Kier molecular flexibility index (Phi) is 53.1. The van der Waals surface area contributed by atoms with Crippen molar-refractivity contribution < 1.29 is 108 Å². The fraction of sp³-hybridized carbons (Fsp3) is 0.721. The maximum Gasteiger partial charge on any atom is 0.508 e. The van der Waals surface area contributed by atoms with Gasteiger partial charge in [0.1, 0.15) is 30.8 Å². The molecule has 1 saturated heterocycles. The number of epoxide rings is 1. The smallest absolute Gasteiger partial charge is 0.508 e. The number of hydrogen-bond donors (Lipinski definition) is 7. The van der Waals surface area contributed by atoms with Crippen LogP contribution in [0.4, 0.5) is 4.79 Å². The molecule has 84 heavy (non-hydrogen) atoms. The molecule has 18 nitrogen and oxygen atoms in total. The molecule has 1 heterocycles. The number of nitrogens with two attached hydrogens (primary N) is 1. The van der Waals surface area contributed by atoms with Crippen LogP contribution in [0.1, 0.15) is 210 Å². The summed E-state index contributed by atoms with van der Waals surface area (Å²) in [5.74, 6) is -0.553. The van der Waals surface area contributed by atoms with Crippen molar-refractivity contribution in [2.75, 3.05) is 44.6 Å². The van der Waals surface area contributed by atoms with Gasteiger partial charge in [-0.15, -0.1) is 0 Å². The summed E-state index contributed by atoms with van der Waals surface area (Å²) in [5.41, 5.74) is 5.27. The van der Waals surface area contributed by atoms with E-state index in [-0.39, 0.29) is 93.5 Å². The first kappa shape index (κ1) is 92.5. The molecule has 2 aromatic carbocycles. The molecule has 0 bridgehead atoms. The summed E-state index contributed by atoms with van der Waals surface area (Å²) in [4.78, 5) is 48.4. The Balaban J connectivity index is -0.000000282. The third-order valence-electron chi connectivity index (χ3n) is 11.3. The molecule has 23 heteroatoms. The summed E-state index contributed by atoms with van der Waals surface area (Å²) in [6.07, 6.45) is 8.67. The van der Waals surface area contributed by atoms with Crippen molar-refractivity contribution in [1.82, 2.24) is 0 Å². The number of ether oxygens (including phenoxy) is 5. The largest absolute Gasteiger partial charge is 1.00 e. The molecule has 1 aliphatic carbocycles. The fourth-order valence-electron chi connectivity index (χ4n) is 6.70. The van der Waals surface area contributed by atoms with Crippen LogP contribution in [0.15, 0.2) is 34.3 Å². The molecule has 2 aliphatic rings. The molecular weight excluding hydrogens is 1300 g/mol. The van der Waals surface area contributed by atoms with Gasteiger partial charge in [-0.3, -0.25) is 9.98 Å². The Hall–Kier alpha value is -2.68. The summed E-state index contributed by atoms with van der Waals surface area (Å²) in [6.45, 7) is 42.7. The molecule has 0 spiro atoms. The minimum Gasteiger partial charge on any atom is -1.00 e. The second-order valence-electron chi connectivity index (χ2n) is 24.9. The van der Waals surface area contributed by atoms with E-state index in [0.717, 1.165) is 75.4 Å². The number of rotatable bonds is 15. The van der Waals surface area contributed by atoms with E-state index in [1.807, 2.05) is 38.1 Å². The van der Waals surface area contributed by atoms with E-state index in [1.165, 1.54) is 18.1 Å². The Morgan fingerprint density at radius 1 is 0.774 bits per heavy atom. The molecule has 1 radical (unpaired) electrons. The standard InChI is InChI=1S/C36H54N2O2.C11H22O5.C7H16O2.C3H6O.C2H4O3.CH3I.CO2.ClH.Co.H3NP2/c1-33(2,3)25-17-23(31(39)27(19-25)35(7,8)9)21-37-29-15-13-14-16-30(29)38-22-24-18-26(34(4,5)6)20-28(32(24)40)36(10,11)12;1-4-5-6-14-8-10(3)16-11(13)15-7-9(2)12;1-6(8)5-9-7(2,3)4;1-3-2-4-3;3-1-2(4)5;1-2;2-1-3;;;1-3-2/h17-22,29-30,39-40H,13-16H2,1-12H3;9-10,12H,4-8H2,1-3H3;6,8H,5H2,1-4H3;3H,2H2,1H3;3H,1H2,(H,4,5);1H3;;1H;;1H,2H2. The van der Waals surface area contributed by atoms with Gasteiger partial charge in [-0.05, 0) is 127 Å². The van der Waals surface area contributed by atoms with Crippen molar-refractivity contribution in [3.63, 3.8) is 0 Å². The predicted octanol–water partition coefficient (Wildman–Crippen LogP) is 8.65. The third kappa shape index (κ3) is 48.3. The van der Waals surface area contributed by atoms with Crippen molar-refractivity contribution in [2.24, 2.45) is 9.98 Å². The first-order chi connectivity index (χ1) is 37.7. The van der Waals surface area contributed by atoms with Gasteiger partial charge in [0.25, 0.3) is 0 Å². The summed E-state index contributed by atoms with van der Waals surface area (Å²) in [6, 6.07) is 8.53. The maximum absolute atomic E-state index is 11.2. The van der Waals surface area contributed by atoms with Crippen LogP contribution in [0, 0.1) is 0 Å². The molecule has 7 unspecified atom stereocenters. The van der Waals surface area contributed by atoms with E-state index >= 15 is 0 Å². The van der Waals surface area contributed by atoms with Gasteiger partial charge in [0.05, 0.1) is 55.8 Å². The molecular formula is C61H109ClCoIN3O15P2. The number of phenols is 2.